The third-order valence-electron chi connectivity index (χ3n) is 6.85. The summed E-state index contributed by atoms with van der Waals surface area (Å²) in [6.07, 6.45) is -3.20. The Hall–Kier alpha value is -3.46. The third-order valence-corrected chi connectivity index (χ3v) is 7.31. The molecule has 3 heterocycles. The quantitative estimate of drug-likeness (QED) is 0.370. The number of nitrogens with zero attached hydrogens (tertiary/aromatic N) is 4. The summed E-state index contributed by atoms with van der Waals surface area (Å²) in [5, 5.41) is 15.1. The predicted molar refractivity (Wildman–Crippen MR) is 144 cm³/mol. The van der Waals surface area contributed by atoms with E-state index < -0.39 is 35.2 Å². The van der Waals surface area contributed by atoms with Gasteiger partial charge in [-0.15, -0.1) is 0 Å². The zero-order valence-corrected chi connectivity index (χ0v) is 23.2. The second-order valence-corrected chi connectivity index (χ2v) is 10.9. The van der Waals surface area contributed by atoms with Crippen LogP contribution >= 0.6 is 15.9 Å². The number of carbonyl (C=O) groups is 2. The van der Waals surface area contributed by atoms with Gasteiger partial charge in [0.15, 0.2) is 0 Å². The lowest BCUT2D eigenvalue weighted by Gasteiger charge is -2.36. The number of pyridine rings is 1. The normalized spacial score (nSPS) is 18.5. The van der Waals surface area contributed by atoms with Crippen molar-refractivity contribution in [3.63, 3.8) is 0 Å². The highest BCUT2D eigenvalue weighted by molar-refractivity contribution is 9.10. The molecule has 0 aliphatic carbocycles. The summed E-state index contributed by atoms with van der Waals surface area (Å²) in [4.78, 5) is 56.6. The average Bonchev–Trinajstić information content (AvgIpc) is 2.87. The molecule has 2 amide bonds. The maximum Gasteiger partial charge on any atom is 0.401 e. The van der Waals surface area contributed by atoms with E-state index >= 15 is 0 Å². The number of piperazine rings is 1. The average molecular weight is 629 g/mol. The van der Waals surface area contributed by atoms with Crippen LogP contribution in [0.2, 0.25) is 0 Å². The van der Waals surface area contributed by atoms with Gasteiger partial charge in [-0.3, -0.25) is 29.4 Å². The maximum atomic E-state index is 13.5. The second-order valence-electron chi connectivity index (χ2n) is 9.94. The SMILES string of the molecule is Cc1cc(C(=O)N2CCC[C@@H](Nc3c(C(=O)N4CCN(CC(F)(F)F)CC4)cc(Br)cc3[N+](=O)[O-])C2)cc(=O)[nH]1. The van der Waals surface area contributed by atoms with Crippen LogP contribution in [0.4, 0.5) is 24.5 Å². The summed E-state index contributed by atoms with van der Waals surface area (Å²) < 4.78 is 38.6. The van der Waals surface area contributed by atoms with Crippen LogP contribution in [0.5, 0.6) is 0 Å². The standard InChI is InChI=1S/C25H28BrF3N6O5/c1-15-9-16(10-21(36)30-15)23(37)34-4-2-3-18(13-34)31-22-19(11-17(26)12-20(22)35(39)40)24(38)33-7-5-32(6-8-33)14-25(27,28)29/h9-12,18,31H,2-8,13-14H2,1H3,(H,30,36)/t18-/m1/s1. The van der Waals surface area contributed by atoms with Gasteiger partial charge < -0.3 is 20.1 Å². The van der Waals surface area contributed by atoms with Crippen LogP contribution in [0.25, 0.3) is 0 Å². The molecule has 0 saturated carbocycles. The fourth-order valence-corrected chi connectivity index (χ4v) is 5.51. The number of carbonyl (C=O) groups excluding carboxylic acids is 2. The summed E-state index contributed by atoms with van der Waals surface area (Å²) in [5.74, 6) is -0.889. The van der Waals surface area contributed by atoms with Crippen LogP contribution in [-0.2, 0) is 0 Å². The number of aromatic nitrogens is 1. The van der Waals surface area contributed by atoms with Crippen LogP contribution < -0.4 is 10.9 Å². The zero-order valence-electron chi connectivity index (χ0n) is 21.6. The lowest BCUT2D eigenvalue weighted by molar-refractivity contribution is -0.384. The fourth-order valence-electron chi connectivity index (χ4n) is 5.06. The summed E-state index contributed by atoms with van der Waals surface area (Å²) in [5.41, 5.74) is 0.0266. The number of halogens is 4. The van der Waals surface area contributed by atoms with Crippen LogP contribution in [0, 0.1) is 17.0 Å². The molecule has 2 N–H and O–H groups in total. The van der Waals surface area contributed by atoms with Crippen molar-refractivity contribution in [1.82, 2.24) is 19.7 Å². The number of hydrogen-bond donors (Lipinski definition) is 2. The number of alkyl halides is 3. The number of benzene rings is 1. The molecule has 1 aromatic carbocycles. The molecule has 2 aliphatic rings. The minimum Gasteiger partial charge on any atom is -0.374 e. The van der Waals surface area contributed by atoms with E-state index in [9.17, 15) is 37.7 Å². The maximum absolute atomic E-state index is 13.5. The molecule has 2 aromatic rings. The van der Waals surface area contributed by atoms with Crippen LogP contribution in [-0.4, -0.2) is 94.5 Å². The highest BCUT2D eigenvalue weighted by Gasteiger charge is 2.35. The Morgan fingerprint density at radius 2 is 1.80 bits per heavy atom. The van der Waals surface area contributed by atoms with Gasteiger partial charge in [0, 0.05) is 73.2 Å². The number of nitro benzene ring substituents is 1. The number of rotatable bonds is 6. The Bertz CT molecular complexity index is 1360. The molecule has 4 rings (SSSR count). The van der Waals surface area contributed by atoms with Crippen molar-refractivity contribution in [3.8, 4) is 0 Å². The summed E-state index contributed by atoms with van der Waals surface area (Å²) in [6.45, 7) is 1.32. The van der Waals surface area contributed by atoms with Gasteiger partial charge in [-0.1, -0.05) is 15.9 Å². The Labute approximate surface area is 235 Å². The summed E-state index contributed by atoms with van der Waals surface area (Å²) in [7, 11) is 0. The molecule has 1 atom stereocenters. The minimum atomic E-state index is -4.35. The van der Waals surface area contributed by atoms with Crippen molar-refractivity contribution >= 4 is 39.1 Å². The molecule has 0 spiro atoms. The second kappa shape index (κ2) is 12.0. The van der Waals surface area contributed by atoms with E-state index in [0.717, 1.165) is 0 Å². The number of piperidine rings is 1. The summed E-state index contributed by atoms with van der Waals surface area (Å²) in [6, 6.07) is 5.08. The summed E-state index contributed by atoms with van der Waals surface area (Å²) >= 11 is 3.22. The molecular formula is C25H28BrF3N6O5. The Morgan fingerprint density at radius 3 is 2.42 bits per heavy atom. The molecule has 0 radical (unpaired) electrons. The third kappa shape index (κ3) is 7.18. The minimum absolute atomic E-state index is 0.0118. The predicted octanol–water partition coefficient (Wildman–Crippen LogP) is 3.39. The molecule has 2 aliphatic heterocycles. The topological polar surface area (TPSA) is 132 Å². The van der Waals surface area contributed by atoms with Crippen molar-refractivity contribution in [2.75, 3.05) is 51.1 Å². The lowest BCUT2D eigenvalue weighted by Crippen LogP contribution is -2.51. The van der Waals surface area contributed by atoms with Gasteiger partial charge in [-0.2, -0.15) is 13.2 Å². The van der Waals surface area contributed by atoms with E-state index in [1.54, 1.807) is 17.9 Å². The first-order valence-electron chi connectivity index (χ1n) is 12.6. The Morgan fingerprint density at radius 1 is 1.10 bits per heavy atom. The number of hydrogen-bond acceptors (Lipinski definition) is 7. The number of anilines is 1. The molecule has 11 nitrogen and oxygen atoms in total. The fraction of sp³-hybridized carbons (Fsp3) is 0.480. The van der Waals surface area contributed by atoms with Gasteiger partial charge in [-0.05, 0) is 31.9 Å². The van der Waals surface area contributed by atoms with E-state index in [1.165, 1.54) is 28.0 Å². The first-order valence-corrected chi connectivity index (χ1v) is 13.4. The van der Waals surface area contributed by atoms with E-state index in [-0.39, 0.29) is 61.1 Å². The molecule has 15 heteroatoms. The molecule has 2 fully saturated rings. The Kier molecular flexibility index (Phi) is 8.83. The van der Waals surface area contributed by atoms with Gasteiger partial charge in [0.25, 0.3) is 17.5 Å². The Balaban J connectivity index is 1.55. The molecule has 0 unspecified atom stereocenters. The molecule has 2 saturated heterocycles. The van der Waals surface area contributed by atoms with E-state index in [2.05, 4.69) is 26.2 Å². The number of H-pyrrole nitrogens is 1. The van der Waals surface area contributed by atoms with Gasteiger partial charge in [0.2, 0.25) is 5.56 Å². The first kappa shape index (κ1) is 29.5. The van der Waals surface area contributed by atoms with E-state index in [4.69, 9.17) is 0 Å². The first-order chi connectivity index (χ1) is 18.8. The molecule has 1 aromatic heterocycles. The molecule has 40 heavy (non-hydrogen) atoms. The van der Waals surface area contributed by atoms with Crippen molar-refractivity contribution in [2.24, 2.45) is 0 Å². The van der Waals surface area contributed by atoms with Crippen LogP contribution in [0.15, 0.2) is 33.5 Å². The van der Waals surface area contributed by atoms with E-state index in [1.807, 2.05) is 0 Å². The van der Waals surface area contributed by atoms with Crippen molar-refractivity contribution < 1.29 is 27.7 Å². The van der Waals surface area contributed by atoms with E-state index in [0.29, 0.717) is 29.6 Å². The van der Waals surface area contributed by atoms with Crippen molar-refractivity contribution in [3.05, 3.63) is 66.0 Å². The van der Waals surface area contributed by atoms with Gasteiger partial charge in [-0.25, -0.2) is 0 Å². The molecule has 0 bridgehead atoms. The van der Waals surface area contributed by atoms with Gasteiger partial charge in [0.1, 0.15) is 5.69 Å². The van der Waals surface area contributed by atoms with Crippen LogP contribution in [0.1, 0.15) is 39.3 Å². The number of likely N-dealkylation sites (tertiary alicyclic amines) is 1. The van der Waals surface area contributed by atoms with Crippen molar-refractivity contribution in [1.29, 1.82) is 0 Å². The number of aromatic amines is 1. The highest BCUT2D eigenvalue weighted by Crippen LogP contribution is 2.35. The smallest absolute Gasteiger partial charge is 0.374 e. The number of aryl methyl sites for hydroxylation is 1. The number of nitro groups is 1. The zero-order chi connectivity index (χ0) is 29.2. The van der Waals surface area contributed by atoms with Gasteiger partial charge >= 0.3 is 6.18 Å². The largest absolute Gasteiger partial charge is 0.401 e. The number of nitrogens with one attached hydrogen (secondary N) is 2. The number of amides is 2. The van der Waals surface area contributed by atoms with Gasteiger partial charge in [0.05, 0.1) is 17.0 Å². The van der Waals surface area contributed by atoms with Crippen LogP contribution in [0.3, 0.4) is 0 Å². The highest BCUT2D eigenvalue weighted by atomic mass is 79.9. The van der Waals surface area contributed by atoms with Crippen molar-refractivity contribution in [2.45, 2.75) is 32.0 Å². The molecular weight excluding hydrogens is 601 g/mol. The lowest BCUT2D eigenvalue weighted by atomic mass is 10.0. The molecule has 216 valence electrons. The monoisotopic (exact) mass is 628 g/mol.